The molecule has 0 radical (unpaired) electrons. The highest BCUT2D eigenvalue weighted by molar-refractivity contribution is 6.61. The molecule has 0 saturated carbocycles. The molecule has 6 nitrogen and oxygen atoms in total. The van der Waals surface area contributed by atoms with E-state index in [-0.39, 0.29) is 24.6 Å². The van der Waals surface area contributed by atoms with Gasteiger partial charge in [-0.2, -0.15) is 0 Å². The van der Waals surface area contributed by atoms with Gasteiger partial charge in [0.05, 0.1) is 11.4 Å². The number of nitrogens with two attached hydrogens (primary N) is 1. The molecule has 11 heteroatoms. The molecule has 4 aromatic rings. The van der Waals surface area contributed by atoms with Crippen molar-refractivity contribution in [3.63, 3.8) is 0 Å². The van der Waals surface area contributed by atoms with Crippen molar-refractivity contribution in [1.82, 2.24) is 0 Å². The highest BCUT2D eigenvalue weighted by Crippen LogP contribution is 2.15. The van der Waals surface area contributed by atoms with Crippen LogP contribution < -0.4 is 11.1 Å². The smallest absolute Gasteiger partial charge is 0.412 e. The van der Waals surface area contributed by atoms with Crippen LogP contribution in [0.2, 0.25) is 0 Å². The molecule has 0 bridgehead atoms. The second kappa shape index (κ2) is 16.3. The van der Waals surface area contributed by atoms with E-state index in [2.05, 4.69) is 10.1 Å². The fourth-order valence-electron chi connectivity index (χ4n) is 2.68. The van der Waals surface area contributed by atoms with E-state index >= 15 is 0 Å². The molecule has 4 aromatic carbocycles. The number of halogens is 5. The average Bonchev–Trinajstić information content (AvgIpc) is 2.92. The lowest BCUT2D eigenvalue weighted by atomic mass is 10.2. The van der Waals surface area contributed by atoms with Gasteiger partial charge < -0.3 is 15.2 Å². The third-order valence-corrected chi connectivity index (χ3v) is 4.65. The summed E-state index contributed by atoms with van der Waals surface area (Å²) < 4.78 is 59.7. The Morgan fingerprint density at radius 1 is 0.692 bits per heavy atom. The van der Waals surface area contributed by atoms with Crippen LogP contribution in [0.1, 0.15) is 11.1 Å². The van der Waals surface area contributed by atoms with Gasteiger partial charge in [0.2, 0.25) is 0 Å². The van der Waals surface area contributed by atoms with Crippen LogP contribution in [0.25, 0.3) is 0 Å². The predicted octanol–water partition coefficient (Wildman–Crippen LogP) is 7.82. The van der Waals surface area contributed by atoms with Crippen molar-refractivity contribution in [2.45, 2.75) is 13.2 Å². The highest BCUT2D eigenvalue weighted by atomic mass is 35.5. The van der Waals surface area contributed by atoms with Crippen molar-refractivity contribution in [3.8, 4) is 0 Å². The first-order chi connectivity index (χ1) is 18.6. The third kappa shape index (κ3) is 12.5. The average molecular weight is 563 g/mol. The second-order valence-corrected chi connectivity index (χ2v) is 7.80. The highest BCUT2D eigenvalue weighted by Gasteiger charge is 2.08. The Hall–Kier alpha value is -4.57. The van der Waals surface area contributed by atoms with Gasteiger partial charge >= 0.3 is 11.5 Å². The van der Waals surface area contributed by atoms with Gasteiger partial charge in [0.1, 0.15) is 36.5 Å². The monoisotopic (exact) mass is 562 g/mol. The number of nitrogens with one attached hydrogen (secondary N) is 1. The van der Waals surface area contributed by atoms with E-state index in [1.165, 1.54) is 6.07 Å². The molecule has 0 aliphatic heterocycles. The van der Waals surface area contributed by atoms with E-state index < -0.39 is 34.8 Å². The largest absolute Gasteiger partial charge is 0.449 e. The summed E-state index contributed by atoms with van der Waals surface area (Å²) in [7, 11) is 0. The summed E-state index contributed by atoms with van der Waals surface area (Å²) in [6.45, 7) is 0.318. The summed E-state index contributed by atoms with van der Waals surface area (Å²) in [4.78, 5) is 21.6. The minimum atomic E-state index is -0.850. The van der Waals surface area contributed by atoms with Gasteiger partial charge in [0.25, 0.3) is 0 Å². The Morgan fingerprint density at radius 2 is 1.18 bits per heavy atom. The Morgan fingerprint density at radius 3 is 1.64 bits per heavy atom. The number of hydrogen-bond donors (Lipinski definition) is 2. The van der Waals surface area contributed by atoms with Crippen LogP contribution in [-0.2, 0) is 22.7 Å². The predicted molar refractivity (Wildman–Crippen MR) is 140 cm³/mol. The zero-order valence-corrected chi connectivity index (χ0v) is 21.0. The molecule has 0 spiro atoms. The van der Waals surface area contributed by atoms with Crippen molar-refractivity contribution >= 4 is 34.5 Å². The molecule has 39 heavy (non-hydrogen) atoms. The van der Waals surface area contributed by atoms with Gasteiger partial charge in [-0.1, -0.05) is 60.7 Å². The van der Waals surface area contributed by atoms with Crippen LogP contribution >= 0.6 is 11.6 Å². The Balaban J connectivity index is 0.000000226. The number of carbonyl (C=O) groups excluding carboxylic acids is 2. The van der Waals surface area contributed by atoms with Crippen LogP contribution in [0.15, 0.2) is 97.1 Å². The maximum atomic E-state index is 13.3. The van der Waals surface area contributed by atoms with Crippen LogP contribution in [-0.4, -0.2) is 11.5 Å². The number of anilines is 2. The molecule has 0 unspecified atom stereocenters. The van der Waals surface area contributed by atoms with E-state index in [1.54, 1.807) is 12.1 Å². The molecule has 0 aliphatic carbocycles. The molecule has 4 rings (SSSR count). The summed E-state index contributed by atoms with van der Waals surface area (Å²) in [6.07, 6.45) is -0.797. The molecule has 204 valence electrons. The van der Waals surface area contributed by atoms with E-state index in [1.807, 2.05) is 48.5 Å². The molecule has 0 atom stereocenters. The summed E-state index contributed by atoms with van der Waals surface area (Å²) in [6, 6.07) is 24.3. The molecule has 0 fully saturated rings. The summed E-state index contributed by atoms with van der Waals surface area (Å²) >= 11 is 4.97. The van der Waals surface area contributed by atoms with Crippen molar-refractivity contribution in [1.29, 1.82) is 0 Å². The first kappa shape index (κ1) is 30.7. The molecule has 0 aromatic heterocycles. The van der Waals surface area contributed by atoms with E-state index in [4.69, 9.17) is 22.1 Å². The maximum Gasteiger partial charge on any atom is 0.412 e. The van der Waals surface area contributed by atoms with Crippen LogP contribution in [0.4, 0.5) is 38.5 Å². The van der Waals surface area contributed by atoms with Gasteiger partial charge in [-0.05, 0) is 35.4 Å². The van der Waals surface area contributed by atoms with Crippen molar-refractivity contribution in [2.75, 3.05) is 11.1 Å². The van der Waals surface area contributed by atoms with Gasteiger partial charge in [-0.3, -0.25) is 5.32 Å². The summed E-state index contributed by atoms with van der Waals surface area (Å²) in [5, 5.41) is 2.20. The Kier molecular flexibility index (Phi) is 12.8. The van der Waals surface area contributed by atoms with Gasteiger partial charge in [-0.15, -0.1) is 0 Å². The Labute approximate surface area is 226 Å². The van der Waals surface area contributed by atoms with E-state index in [0.29, 0.717) is 6.07 Å². The van der Waals surface area contributed by atoms with Gasteiger partial charge in [0, 0.05) is 23.7 Å². The van der Waals surface area contributed by atoms with Crippen molar-refractivity contribution in [3.05, 3.63) is 131 Å². The molecule has 0 aliphatic rings. The lowest BCUT2D eigenvalue weighted by Crippen LogP contribution is -2.14. The number of ether oxygens (including phenoxy) is 2. The van der Waals surface area contributed by atoms with Crippen LogP contribution in [0, 0.1) is 23.3 Å². The minimum Gasteiger partial charge on any atom is -0.449 e. The SMILES string of the molecule is Nc1ccc(F)cc1F.O=C(Cl)OCc1ccccc1.O=C(Nc1ccc(F)cc1F)OCc1ccccc1. The molecular weight excluding hydrogens is 540 g/mol. The molecule has 3 N–H and O–H groups in total. The summed E-state index contributed by atoms with van der Waals surface area (Å²) in [5.41, 5.74) is 5.87. The topological polar surface area (TPSA) is 90.7 Å². The second-order valence-electron chi connectivity index (χ2n) is 7.49. The van der Waals surface area contributed by atoms with Crippen LogP contribution in [0.3, 0.4) is 0 Å². The zero-order chi connectivity index (χ0) is 28.6. The zero-order valence-electron chi connectivity index (χ0n) is 20.3. The lowest BCUT2D eigenvalue weighted by molar-refractivity contribution is 0.155. The maximum absolute atomic E-state index is 13.3. The fraction of sp³-hybridized carbons (Fsp3) is 0.0714. The number of hydrogen-bond acceptors (Lipinski definition) is 5. The lowest BCUT2D eigenvalue weighted by Gasteiger charge is -2.07. The Bertz CT molecular complexity index is 1350. The number of nitrogen functional groups attached to an aromatic ring is 1. The van der Waals surface area contributed by atoms with Crippen molar-refractivity contribution in [2.24, 2.45) is 0 Å². The standard InChI is InChI=1S/C14H11F2NO2.C8H7ClO2.C6H5F2N/c15-11-6-7-13(12(16)8-11)17-14(18)19-9-10-4-2-1-3-5-10;9-8(10)11-6-7-4-2-1-3-5-7;7-4-1-2-6(9)5(8)3-4/h1-8H,9H2,(H,17,18);1-5H,6H2;1-3H,9H2. The molecule has 0 saturated heterocycles. The molecular formula is C28H23ClF4N2O4. The normalized spacial score (nSPS) is 9.67. The number of amides is 1. The molecule has 0 heterocycles. The number of rotatable bonds is 5. The van der Waals surface area contributed by atoms with Gasteiger partial charge in [-0.25, -0.2) is 27.2 Å². The number of benzene rings is 4. The van der Waals surface area contributed by atoms with Crippen molar-refractivity contribution < 1.29 is 36.6 Å². The van der Waals surface area contributed by atoms with Gasteiger partial charge in [0.15, 0.2) is 0 Å². The summed E-state index contributed by atoms with van der Waals surface area (Å²) in [5.74, 6) is -2.88. The van der Waals surface area contributed by atoms with E-state index in [9.17, 15) is 27.2 Å². The first-order valence-corrected chi connectivity index (χ1v) is 11.5. The molecule has 1 amide bonds. The van der Waals surface area contributed by atoms with E-state index in [0.717, 1.165) is 35.4 Å². The van der Waals surface area contributed by atoms with Crippen LogP contribution in [0.5, 0.6) is 0 Å². The fourth-order valence-corrected chi connectivity index (χ4v) is 2.73. The number of carbonyl (C=O) groups is 2. The minimum absolute atomic E-state index is 0.0311. The first-order valence-electron chi connectivity index (χ1n) is 11.1. The quantitative estimate of drug-likeness (QED) is 0.147. The third-order valence-electron chi connectivity index (χ3n) is 4.54.